The number of fused-ring (bicyclic) bond motifs is 1. The number of hydrogen-bond acceptors (Lipinski definition) is 7. The maximum Gasteiger partial charge on any atom is 0.341 e. The molecular weight excluding hydrogens is 404 g/mol. The molecular formula is C22H26N2O5S. The van der Waals surface area contributed by atoms with E-state index in [9.17, 15) is 14.4 Å². The van der Waals surface area contributed by atoms with Crippen molar-refractivity contribution in [3.63, 3.8) is 0 Å². The number of methoxy groups -OCH3 is 2. The van der Waals surface area contributed by atoms with Crippen molar-refractivity contribution in [3.05, 3.63) is 51.4 Å². The number of carbonyl (C=O) groups is 3. The number of carbonyl (C=O) groups excluding carboxylic acids is 3. The molecule has 1 aromatic carbocycles. The average molecular weight is 431 g/mol. The van der Waals surface area contributed by atoms with Crippen LogP contribution in [0.5, 0.6) is 0 Å². The summed E-state index contributed by atoms with van der Waals surface area (Å²) in [6.45, 7) is 8.23. The van der Waals surface area contributed by atoms with E-state index in [0.29, 0.717) is 17.0 Å². The van der Waals surface area contributed by atoms with Crippen LogP contribution in [0.15, 0.2) is 24.3 Å². The van der Waals surface area contributed by atoms with Crippen LogP contribution in [0.25, 0.3) is 0 Å². The first-order valence-electron chi connectivity index (χ1n) is 9.53. The molecule has 0 fully saturated rings. The Balaban J connectivity index is 2.08. The van der Waals surface area contributed by atoms with Gasteiger partial charge in [-0.1, -0.05) is 12.1 Å². The minimum Gasteiger partial charge on any atom is -0.465 e. The fourth-order valence-corrected chi connectivity index (χ4v) is 5.33. The quantitative estimate of drug-likeness (QED) is 0.718. The van der Waals surface area contributed by atoms with Crippen LogP contribution in [-0.4, -0.2) is 37.6 Å². The number of nitrogens with one attached hydrogen (secondary N) is 2. The predicted octanol–water partition coefficient (Wildman–Crippen LogP) is 3.73. The van der Waals surface area contributed by atoms with E-state index < -0.39 is 23.4 Å². The maximum atomic E-state index is 13.0. The minimum atomic E-state index is -0.605. The lowest BCUT2D eigenvalue weighted by molar-refractivity contribution is 0.0589. The molecule has 0 spiro atoms. The summed E-state index contributed by atoms with van der Waals surface area (Å²) in [5.41, 5.74) is 0.934. The van der Waals surface area contributed by atoms with Crippen molar-refractivity contribution >= 4 is 34.2 Å². The Bertz CT molecular complexity index is 1020. The second-order valence-corrected chi connectivity index (χ2v) is 9.43. The van der Waals surface area contributed by atoms with Crippen LogP contribution in [0.1, 0.15) is 69.2 Å². The van der Waals surface area contributed by atoms with E-state index in [-0.39, 0.29) is 16.7 Å². The standard InChI is InChI=1S/C22H26N2O5S/c1-21(2)11-14-15(20(27)29-6)18(30-16(14)22(3,4)24-21)23-17(25)12-9-7-8-10-13(12)19(26)28-5/h7-10,24H,11H2,1-6H3,(H,23,25). The highest BCUT2D eigenvalue weighted by Gasteiger charge is 2.42. The summed E-state index contributed by atoms with van der Waals surface area (Å²) in [7, 11) is 2.58. The van der Waals surface area contributed by atoms with Crippen molar-refractivity contribution in [2.75, 3.05) is 19.5 Å². The maximum absolute atomic E-state index is 13.0. The third kappa shape index (κ3) is 3.97. The molecule has 0 unspecified atom stereocenters. The molecule has 2 N–H and O–H groups in total. The lowest BCUT2D eigenvalue weighted by Gasteiger charge is -2.42. The summed E-state index contributed by atoms with van der Waals surface area (Å²) in [6, 6.07) is 6.39. The van der Waals surface area contributed by atoms with E-state index in [1.165, 1.54) is 31.6 Å². The van der Waals surface area contributed by atoms with E-state index in [1.807, 2.05) is 13.8 Å². The van der Waals surface area contributed by atoms with Gasteiger partial charge in [-0.05, 0) is 51.8 Å². The molecule has 1 amide bonds. The molecule has 0 atom stereocenters. The smallest absolute Gasteiger partial charge is 0.341 e. The van der Waals surface area contributed by atoms with Crippen LogP contribution >= 0.6 is 11.3 Å². The molecule has 1 aliphatic rings. The Morgan fingerprint density at radius 3 is 2.20 bits per heavy atom. The predicted molar refractivity (Wildman–Crippen MR) is 115 cm³/mol. The summed E-state index contributed by atoms with van der Waals surface area (Å²) < 4.78 is 9.80. The molecule has 1 aliphatic heterocycles. The molecule has 0 radical (unpaired) electrons. The molecule has 8 heteroatoms. The lowest BCUT2D eigenvalue weighted by Crippen LogP contribution is -2.55. The third-order valence-corrected chi connectivity index (χ3v) is 6.51. The van der Waals surface area contributed by atoms with Gasteiger partial charge in [-0.2, -0.15) is 0 Å². The van der Waals surface area contributed by atoms with Crippen LogP contribution in [0.4, 0.5) is 5.00 Å². The zero-order valence-electron chi connectivity index (χ0n) is 18.0. The fourth-order valence-electron chi connectivity index (χ4n) is 4.07. The van der Waals surface area contributed by atoms with E-state index in [2.05, 4.69) is 24.5 Å². The van der Waals surface area contributed by atoms with Gasteiger partial charge in [0, 0.05) is 16.0 Å². The Morgan fingerprint density at radius 2 is 1.60 bits per heavy atom. The Hall–Kier alpha value is -2.71. The largest absolute Gasteiger partial charge is 0.465 e. The highest BCUT2D eigenvalue weighted by molar-refractivity contribution is 7.17. The lowest BCUT2D eigenvalue weighted by atomic mass is 9.81. The van der Waals surface area contributed by atoms with Crippen LogP contribution in [0, 0.1) is 0 Å². The number of ether oxygens (including phenoxy) is 2. The summed E-state index contributed by atoms with van der Waals surface area (Å²) >= 11 is 1.34. The number of rotatable bonds is 4. The minimum absolute atomic E-state index is 0.154. The second-order valence-electron chi connectivity index (χ2n) is 8.41. The van der Waals surface area contributed by atoms with E-state index in [0.717, 1.165) is 10.4 Å². The highest BCUT2D eigenvalue weighted by Crippen LogP contribution is 2.45. The molecule has 0 saturated heterocycles. The van der Waals surface area contributed by atoms with Crippen molar-refractivity contribution < 1.29 is 23.9 Å². The van der Waals surface area contributed by atoms with Crippen LogP contribution in [0.2, 0.25) is 0 Å². The van der Waals surface area contributed by atoms with Crippen LogP contribution in [0.3, 0.4) is 0 Å². The monoisotopic (exact) mass is 430 g/mol. The van der Waals surface area contributed by atoms with Gasteiger partial charge in [0.05, 0.1) is 30.9 Å². The van der Waals surface area contributed by atoms with Crippen molar-refractivity contribution in [2.24, 2.45) is 0 Å². The Kier molecular flexibility index (Phi) is 5.75. The van der Waals surface area contributed by atoms with E-state index in [1.54, 1.807) is 18.2 Å². The first-order valence-corrected chi connectivity index (χ1v) is 10.3. The van der Waals surface area contributed by atoms with Gasteiger partial charge in [0.1, 0.15) is 5.00 Å². The molecule has 0 saturated carbocycles. The highest BCUT2D eigenvalue weighted by atomic mass is 32.1. The van der Waals surface area contributed by atoms with Gasteiger partial charge in [0.15, 0.2) is 0 Å². The van der Waals surface area contributed by atoms with Gasteiger partial charge in [-0.25, -0.2) is 9.59 Å². The third-order valence-electron chi connectivity index (χ3n) is 5.04. The summed E-state index contributed by atoms with van der Waals surface area (Å²) in [5, 5.41) is 6.82. The normalized spacial score (nSPS) is 16.3. The molecule has 30 heavy (non-hydrogen) atoms. The zero-order chi connectivity index (χ0) is 22.3. The number of hydrogen-bond donors (Lipinski definition) is 2. The number of esters is 2. The molecule has 2 heterocycles. The number of amides is 1. The summed E-state index contributed by atoms with van der Waals surface area (Å²) in [4.78, 5) is 38.7. The van der Waals surface area contributed by atoms with E-state index in [4.69, 9.17) is 9.47 Å². The Labute approximate surface area is 179 Å². The van der Waals surface area contributed by atoms with Crippen molar-refractivity contribution in [2.45, 2.75) is 45.2 Å². The number of anilines is 1. The van der Waals surface area contributed by atoms with Gasteiger partial charge in [-0.15, -0.1) is 11.3 Å². The molecule has 0 aliphatic carbocycles. The van der Waals surface area contributed by atoms with Gasteiger partial charge in [0.2, 0.25) is 0 Å². The number of benzene rings is 1. The summed E-state index contributed by atoms with van der Waals surface area (Å²) in [6.07, 6.45) is 0.612. The second kappa shape index (κ2) is 7.85. The van der Waals surface area contributed by atoms with Crippen LogP contribution in [-0.2, 0) is 21.4 Å². The molecule has 2 aromatic rings. The average Bonchev–Trinajstić information content (AvgIpc) is 3.03. The summed E-state index contributed by atoms with van der Waals surface area (Å²) in [5.74, 6) is -1.60. The molecule has 7 nitrogen and oxygen atoms in total. The van der Waals surface area contributed by atoms with Gasteiger partial charge in [0.25, 0.3) is 5.91 Å². The molecule has 160 valence electrons. The molecule has 1 aromatic heterocycles. The Morgan fingerprint density at radius 1 is 1.00 bits per heavy atom. The molecule has 3 rings (SSSR count). The van der Waals surface area contributed by atoms with Gasteiger partial charge >= 0.3 is 11.9 Å². The van der Waals surface area contributed by atoms with Crippen molar-refractivity contribution in [3.8, 4) is 0 Å². The van der Waals surface area contributed by atoms with Crippen LogP contribution < -0.4 is 10.6 Å². The van der Waals surface area contributed by atoms with Gasteiger partial charge < -0.3 is 20.1 Å². The van der Waals surface area contributed by atoms with Crippen molar-refractivity contribution in [1.82, 2.24) is 5.32 Å². The SMILES string of the molecule is COC(=O)c1ccccc1C(=O)Nc1sc2c(c1C(=O)OC)CC(C)(C)NC2(C)C. The topological polar surface area (TPSA) is 93.7 Å². The zero-order valence-corrected chi connectivity index (χ0v) is 18.8. The fraction of sp³-hybridized carbons (Fsp3) is 0.409. The number of thiophene rings is 1. The van der Waals surface area contributed by atoms with Gasteiger partial charge in [-0.3, -0.25) is 4.79 Å². The first kappa shape index (κ1) is 22.0. The first-order chi connectivity index (χ1) is 14.0. The van der Waals surface area contributed by atoms with Crippen molar-refractivity contribution in [1.29, 1.82) is 0 Å². The van der Waals surface area contributed by atoms with E-state index >= 15 is 0 Å². The molecule has 0 bridgehead atoms.